The molecule has 1 aromatic rings. The lowest BCUT2D eigenvalue weighted by Gasteiger charge is -2.12. The number of carbonyl (C=O) groups excluding carboxylic acids is 2. The molecule has 20 heavy (non-hydrogen) atoms. The van der Waals surface area contributed by atoms with Crippen LogP contribution in [0.5, 0.6) is 0 Å². The van der Waals surface area contributed by atoms with Crippen molar-refractivity contribution >= 4 is 47.0 Å². The molecule has 0 spiro atoms. The van der Waals surface area contributed by atoms with Crippen LogP contribution in [0.2, 0.25) is 5.02 Å². The van der Waals surface area contributed by atoms with Crippen molar-refractivity contribution in [3.05, 3.63) is 28.3 Å². The smallest absolute Gasteiger partial charge is 0.423 e. The minimum Gasteiger partial charge on any atom is -0.423 e. The Kier molecular flexibility index (Phi) is 3.77. The summed E-state index contributed by atoms with van der Waals surface area (Å²) in [5.74, 6) is 0.312. The minimum absolute atomic E-state index is 0.0287. The maximum atomic E-state index is 12.2. The summed E-state index contributed by atoms with van der Waals surface area (Å²) in [6.45, 7) is 0.274. The Morgan fingerprint density at radius 3 is 3.05 bits per heavy atom. The van der Waals surface area contributed by atoms with E-state index >= 15 is 0 Å². The van der Waals surface area contributed by atoms with Crippen molar-refractivity contribution in [2.24, 2.45) is 0 Å². The maximum Gasteiger partial charge on any atom is 0.491 e. The lowest BCUT2D eigenvalue weighted by molar-refractivity contribution is -0.112. The third kappa shape index (κ3) is 2.46. The highest BCUT2D eigenvalue weighted by Crippen LogP contribution is 2.23. The van der Waals surface area contributed by atoms with Crippen LogP contribution in [0.25, 0.3) is 0 Å². The van der Waals surface area contributed by atoms with Crippen LogP contribution in [0.15, 0.2) is 12.1 Å². The molecule has 1 fully saturated rings. The molecule has 1 amide bonds. The van der Waals surface area contributed by atoms with Crippen molar-refractivity contribution in [1.29, 1.82) is 0 Å². The number of halogens is 1. The molecule has 0 saturated carbocycles. The summed E-state index contributed by atoms with van der Waals surface area (Å²) >= 11 is 7.30. The normalized spacial score (nSPS) is 21.2. The number of hydrogen-bond acceptors (Lipinski definition) is 5. The third-order valence-corrected chi connectivity index (χ3v) is 4.70. The topological polar surface area (TPSA) is 75.6 Å². The highest BCUT2D eigenvalue weighted by atomic mass is 35.5. The highest BCUT2D eigenvalue weighted by molar-refractivity contribution is 8.14. The molecule has 0 bridgehead atoms. The molecule has 0 aliphatic carbocycles. The molecule has 0 aromatic heterocycles. The first-order valence-electron chi connectivity index (χ1n) is 6.16. The summed E-state index contributed by atoms with van der Waals surface area (Å²) in [4.78, 5) is 23.7. The second-order valence-corrected chi connectivity index (χ2v) is 6.18. The van der Waals surface area contributed by atoms with Crippen molar-refractivity contribution < 1.29 is 19.3 Å². The average molecular weight is 312 g/mol. The maximum absolute atomic E-state index is 12.2. The Balaban J connectivity index is 1.84. The molecule has 1 saturated heterocycles. The summed E-state index contributed by atoms with van der Waals surface area (Å²) in [5, 5.41) is 12.6. The van der Waals surface area contributed by atoms with Crippen molar-refractivity contribution in [3.63, 3.8) is 0 Å². The van der Waals surface area contributed by atoms with Crippen LogP contribution in [0.1, 0.15) is 22.3 Å². The van der Waals surface area contributed by atoms with E-state index in [1.165, 1.54) is 17.8 Å². The van der Waals surface area contributed by atoms with E-state index in [1.807, 2.05) is 0 Å². The summed E-state index contributed by atoms with van der Waals surface area (Å²) in [6, 6.07) is 2.68. The van der Waals surface area contributed by atoms with Gasteiger partial charge in [-0.3, -0.25) is 9.59 Å². The Morgan fingerprint density at radius 2 is 2.35 bits per heavy atom. The van der Waals surface area contributed by atoms with Gasteiger partial charge in [0, 0.05) is 5.75 Å². The molecule has 2 heterocycles. The summed E-state index contributed by atoms with van der Waals surface area (Å²) in [6.07, 6.45) is 0.629. The summed E-state index contributed by atoms with van der Waals surface area (Å²) in [7, 11) is -1.03. The van der Waals surface area contributed by atoms with E-state index in [0.717, 1.165) is 5.56 Å². The van der Waals surface area contributed by atoms with Gasteiger partial charge in [0.15, 0.2) is 0 Å². The standard InChI is InChI=1S/C12H11BClNO4S/c14-9-3-6-5-19-13(18)8(6)4-7(9)11(16)15-10-1-2-20-12(10)17/h3-4,10,18H,1-2,5H2,(H,15,16). The second kappa shape index (κ2) is 5.40. The fraction of sp³-hybridized carbons (Fsp3) is 0.333. The zero-order valence-corrected chi connectivity index (χ0v) is 12.0. The molecule has 104 valence electrons. The zero-order chi connectivity index (χ0) is 14.3. The third-order valence-electron chi connectivity index (χ3n) is 3.38. The van der Waals surface area contributed by atoms with Crippen molar-refractivity contribution in [1.82, 2.24) is 5.32 Å². The van der Waals surface area contributed by atoms with Crippen LogP contribution in [0, 0.1) is 0 Å². The van der Waals surface area contributed by atoms with Gasteiger partial charge < -0.3 is 15.0 Å². The monoisotopic (exact) mass is 311 g/mol. The van der Waals surface area contributed by atoms with Gasteiger partial charge in [0.05, 0.1) is 23.2 Å². The predicted molar refractivity (Wildman–Crippen MR) is 77.2 cm³/mol. The number of rotatable bonds is 2. The Bertz CT molecular complexity index is 597. The molecule has 3 rings (SSSR count). The number of amides is 1. The molecule has 2 aliphatic heterocycles. The lowest BCUT2D eigenvalue weighted by Crippen LogP contribution is -2.38. The zero-order valence-electron chi connectivity index (χ0n) is 10.4. The number of hydrogen-bond donors (Lipinski definition) is 2. The molecule has 8 heteroatoms. The first-order chi connectivity index (χ1) is 9.56. The van der Waals surface area contributed by atoms with Gasteiger partial charge in [-0.05, 0) is 29.6 Å². The number of fused-ring (bicyclic) bond motifs is 1. The van der Waals surface area contributed by atoms with Gasteiger partial charge in [0.25, 0.3) is 5.91 Å². The van der Waals surface area contributed by atoms with E-state index in [9.17, 15) is 14.6 Å². The summed E-state index contributed by atoms with van der Waals surface area (Å²) in [5.41, 5.74) is 1.57. The van der Waals surface area contributed by atoms with Crippen molar-refractivity contribution in [3.8, 4) is 0 Å². The quantitative estimate of drug-likeness (QED) is 0.769. The van der Waals surface area contributed by atoms with Gasteiger partial charge in [0.2, 0.25) is 5.12 Å². The van der Waals surface area contributed by atoms with Crippen LogP contribution in [0.4, 0.5) is 0 Å². The molecule has 2 N–H and O–H groups in total. The van der Waals surface area contributed by atoms with Gasteiger partial charge in [-0.25, -0.2) is 0 Å². The average Bonchev–Trinajstić information content (AvgIpc) is 2.96. The van der Waals surface area contributed by atoms with E-state index in [4.69, 9.17) is 16.3 Å². The van der Waals surface area contributed by atoms with Gasteiger partial charge in [-0.15, -0.1) is 0 Å². The van der Waals surface area contributed by atoms with E-state index in [2.05, 4.69) is 5.32 Å². The number of benzene rings is 1. The summed E-state index contributed by atoms with van der Waals surface area (Å²) < 4.78 is 5.07. The predicted octanol–water partition coefficient (Wildman–Crippen LogP) is 0.320. The Hall–Kier alpha value is -1.02. The molecule has 1 atom stereocenters. The molecular weight excluding hydrogens is 300 g/mol. The van der Waals surface area contributed by atoms with Gasteiger partial charge in [0.1, 0.15) is 0 Å². The lowest BCUT2D eigenvalue weighted by atomic mass is 9.78. The van der Waals surface area contributed by atoms with E-state index in [0.29, 0.717) is 17.6 Å². The highest BCUT2D eigenvalue weighted by Gasteiger charge is 2.31. The number of thioether (sulfide) groups is 1. The van der Waals surface area contributed by atoms with Crippen molar-refractivity contribution in [2.45, 2.75) is 19.1 Å². The fourth-order valence-corrected chi connectivity index (χ4v) is 3.49. The second-order valence-electron chi connectivity index (χ2n) is 4.68. The number of carbonyl (C=O) groups is 2. The minimum atomic E-state index is -1.03. The van der Waals surface area contributed by atoms with E-state index in [1.54, 1.807) is 6.07 Å². The van der Waals surface area contributed by atoms with Gasteiger partial charge in [-0.1, -0.05) is 23.4 Å². The number of nitrogens with one attached hydrogen (secondary N) is 1. The molecular formula is C12H11BClNO4S. The van der Waals surface area contributed by atoms with Crippen LogP contribution < -0.4 is 10.8 Å². The van der Waals surface area contributed by atoms with E-state index < -0.39 is 19.1 Å². The SMILES string of the molecule is O=C(NC1CCSC1=O)c1cc2c(cc1Cl)COB2O. The van der Waals surface area contributed by atoms with Gasteiger partial charge in [-0.2, -0.15) is 0 Å². The van der Waals surface area contributed by atoms with Crippen LogP contribution in [-0.2, 0) is 16.1 Å². The fourth-order valence-electron chi connectivity index (χ4n) is 2.28. The Labute approximate surface area is 125 Å². The van der Waals surface area contributed by atoms with E-state index in [-0.39, 0.29) is 22.3 Å². The molecule has 5 nitrogen and oxygen atoms in total. The molecule has 1 unspecified atom stereocenters. The first-order valence-corrected chi connectivity index (χ1v) is 7.52. The van der Waals surface area contributed by atoms with Crippen LogP contribution >= 0.6 is 23.4 Å². The first kappa shape index (κ1) is 13.9. The largest absolute Gasteiger partial charge is 0.491 e. The van der Waals surface area contributed by atoms with Crippen LogP contribution in [-0.4, -0.2) is 35.0 Å². The van der Waals surface area contributed by atoms with Gasteiger partial charge >= 0.3 is 7.12 Å². The molecule has 2 aliphatic rings. The molecule has 0 radical (unpaired) electrons. The van der Waals surface area contributed by atoms with Crippen molar-refractivity contribution in [2.75, 3.05) is 5.75 Å². The Morgan fingerprint density at radius 1 is 1.55 bits per heavy atom. The van der Waals surface area contributed by atoms with Crippen LogP contribution in [0.3, 0.4) is 0 Å². The molecule has 1 aromatic carbocycles.